The Morgan fingerprint density at radius 1 is 1.25 bits per heavy atom. The van der Waals surface area contributed by atoms with Crippen molar-refractivity contribution in [3.8, 4) is 0 Å². The summed E-state index contributed by atoms with van der Waals surface area (Å²) in [4.78, 5) is 18.5. The zero-order valence-corrected chi connectivity index (χ0v) is 12.4. The average molecular weight is 281 g/mol. The van der Waals surface area contributed by atoms with Gasteiger partial charge in [-0.25, -0.2) is 4.98 Å². The second kappa shape index (κ2) is 9.28. The summed E-state index contributed by atoms with van der Waals surface area (Å²) < 4.78 is 10.1. The summed E-state index contributed by atoms with van der Waals surface area (Å²) in [7, 11) is 5.05. The maximum absolute atomic E-state index is 12.5. The highest BCUT2D eigenvalue weighted by Gasteiger charge is 2.16. The second-order valence-corrected chi connectivity index (χ2v) is 4.29. The average Bonchev–Trinajstić information content (AvgIpc) is 2.50. The number of pyridine rings is 1. The molecule has 0 fully saturated rings. The van der Waals surface area contributed by atoms with E-state index in [0.717, 1.165) is 6.42 Å². The van der Waals surface area contributed by atoms with Gasteiger partial charge in [0, 0.05) is 41.0 Å². The van der Waals surface area contributed by atoms with Crippen molar-refractivity contribution in [2.45, 2.75) is 6.42 Å². The lowest BCUT2D eigenvalue weighted by Crippen LogP contribution is -2.35. The van der Waals surface area contributed by atoms with Crippen LogP contribution < -0.4 is 5.32 Å². The van der Waals surface area contributed by atoms with Crippen molar-refractivity contribution in [3.05, 3.63) is 23.9 Å². The summed E-state index contributed by atoms with van der Waals surface area (Å²) >= 11 is 0. The Hall–Kier alpha value is -1.66. The molecule has 0 aromatic carbocycles. The minimum Gasteiger partial charge on any atom is -0.385 e. The fourth-order valence-electron chi connectivity index (χ4n) is 1.77. The van der Waals surface area contributed by atoms with Gasteiger partial charge >= 0.3 is 0 Å². The number of carbonyl (C=O) groups is 1. The monoisotopic (exact) mass is 281 g/mol. The van der Waals surface area contributed by atoms with Crippen LogP contribution >= 0.6 is 0 Å². The van der Waals surface area contributed by atoms with Crippen LogP contribution in [0.4, 0.5) is 5.82 Å². The molecular weight excluding hydrogens is 258 g/mol. The van der Waals surface area contributed by atoms with E-state index in [2.05, 4.69) is 10.3 Å². The molecule has 1 aromatic rings. The van der Waals surface area contributed by atoms with Gasteiger partial charge in [0.05, 0.1) is 6.61 Å². The van der Waals surface area contributed by atoms with Crippen LogP contribution in [0.5, 0.6) is 0 Å². The highest BCUT2D eigenvalue weighted by molar-refractivity contribution is 5.92. The summed E-state index contributed by atoms with van der Waals surface area (Å²) in [6.07, 6.45) is 0.789. The molecule has 1 aromatic heterocycles. The molecule has 0 aliphatic carbocycles. The Labute approximate surface area is 120 Å². The molecule has 0 atom stereocenters. The zero-order valence-electron chi connectivity index (χ0n) is 12.4. The smallest absolute Gasteiger partial charge is 0.272 e. The van der Waals surface area contributed by atoms with Crippen LogP contribution in [0.3, 0.4) is 0 Å². The van der Waals surface area contributed by atoms with E-state index >= 15 is 0 Å². The first-order valence-electron chi connectivity index (χ1n) is 6.65. The Balaban J connectivity index is 2.73. The number of carbonyl (C=O) groups excluding carboxylic acids is 1. The maximum Gasteiger partial charge on any atom is 0.272 e. The van der Waals surface area contributed by atoms with Crippen molar-refractivity contribution in [3.63, 3.8) is 0 Å². The minimum absolute atomic E-state index is 0.0877. The van der Waals surface area contributed by atoms with E-state index in [4.69, 9.17) is 9.47 Å². The lowest BCUT2D eigenvalue weighted by atomic mass is 10.3. The molecule has 0 saturated heterocycles. The summed E-state index contributed by atoms with van der Waals surface area (Å²) in [5.74, 6) is 0.592. The number of nitrogens with zero attached hydrogens (tertiary/aromatic N) is 2. The van der Waals surface area contributed by atoms with E-state index in [1.54, 1.807) is 32.2 Å². The highest BCUT2D eigenvalue weighted by Crippen LogP contribution is 2.07. The largest absolute Gasteiger partial charge is 0.385 e. The van der Waals surface area contributed by atoms with E-state index in [1.807, 2.05) is 12.1 Å². The van der Waals surface area contributed by atoms with Crippen molar-refractivity contribution < 1.29 is 14.3 Å². The number of methoxy groups -OCH3 is 2. The maximum atomic E-state index is 12.5. The van der Waals surface area contributed by atoms with Gasteiger partial charge in [0.1, 0.15) is 11.5 Å². The molecule has 1 amide bonds. The third-order valence-corrected chi connectivity index (χ3v) is 2.85. The Morgan fingerprint density at radius 2 is 2.00 bits per heavy atom. The van der Waals surface area contributed by atoms with Gasteiger partial charge in [0.2, 0.25) is 0 Å². The van der Waals surface area contributed by atoms with E-state index < -0.39 is 0 Å². The normalized spacial score (nSPS) is 10.3. The van der Waals surface area contributed by atoms with E-state index in [9.17, 15) is 4.79 Å². The van der Waals surface area contributed by atoms with Crippen molar-refractivity contribution >= 4 is 11.7 Å². The van der Waals surface area contributed by atoms with Crippen molar-refractivity contribution in [1.82, 2.24) is 9.88 Å². The second-order valence-electron chi connectivity index (χ2n) is 4.29. The Kier molecular flexibility index (Phi) is 7.60. The Bertz CT molecular complexity index is 412. The molecule has 0 unspecified atom stereocenters. The zero-order chi connectivity index (χ0) is 14.8. The van der Waals surface area contributed by atoms with Crippen LogP contribution in [0.15, 0.2) is 18.2 Å². The first-order chi connectivity index (χ1) is 9.72. The number of rotatable bonds is 9. The van der Waals surface area contributed by atoms with Gasteiger partial charge in [0.25, 0.3) is 5.91 Å². The first-order valence-corrected chi connectivity index (χ1v) is 6.65. The number of ether oxygens (including phenoxy) is 2. The lowest BCUT2D eigenvalue weighted by molar-refractivity contribution is 0.0668. The number of anilines is 1. The van der Waals surface area contributed by atoms with Crippen molar-refractivity contribution in [1.29, 1.82) is 0 Å². The van der Waals surface area contributed by atoms with Crippen LogP contribution in [0.2, 0.25) is 0 Å². The molecule has 0 aliphatic rings. The molecule has 0 bridgehead atoms. The molecular formula is C14H23N3O3. The number of hydrogen-bond acceptors (Lipinski definition) is 5. The number of aromatic nitrogens is 1. The number of hydrogen-bond donors (Lipinski definition) is 1. The van der Waals surface area contributed by atoms with Crippen LogP contribution in [0.1, 0.15) is 16.9 Å². The van der Waals surface area contributed by atoms with Crippen molar-refractivity contribution in [2.24, 2.45) is 0 Å². The third-order valence-electron chi connectivity index (χ3n) is 2.85. The fraction of sp³-hybridized carbons (Fsp3) is 0.571. The standard InChI is InChI=1S/C14H23N3O3/c1-15-13-7-4-6-12(16-13)14(18)17(9-11-20-3)8-5-10-19-2/h4,6-7H,5,8-11H2,1-3H3,(H,15,16). The molecule has 1 heterocycles. The van der Waals surface area contributed by atoms with Crippen LogP contribution in [0, 0.1) is 0 Å². The minimum atomic E-state index is -0.0877. The first kappa shape index (κ1) is 16.4. The number of amides is 1. The molecule has 6 nitrogen and oxygen atoms in total. The molecule has 0 aliphatic heterocycles. The van der Waals surface area contributed by atoms with E-state index in [-0.39, 0.29) is 5.91 Å². The van der Waals surface area contributed by atoms with Crippen LogP contribution in [0.25, 0.3) is 0 Å². The quantitative estimate of drug-likeness (QED) is 0.690. The van der Waals surface area contributed by atoms with E-state index in [0.29, 0.717) is 37.8 Å². The predicted octanol–water partition coefficient (Wildman–Crippen LogP) is 1.25. The van der Waals surface area contributed by atoms with Crippen molar-refractivity contribution in [2.75, 3.05) is 52.9 Å². The summed E-state index contributed by atoms with van der Waals surface area (Å²) in [5, 5.41) is 2.93. The molecule has 20 heavy (non-hydrogen) atoms. The predicted molar refractivity (Wildman–Crippen MR) is 78.1 cm³/mol. The molecule has 1 N–H and O–H groups in total. The van der Waals surface area contributed by atoms with Crippen LogP contribution in [-0.4, -0.2) is 63.4 Å². The van der Waals surface area contributed by atoms with Gasteiger partial charge in [-0.2, -0.15) is 0 Å². The SMILES string of the molecule is CNc1cccc(C(=O)N(CCCOC)CCOC)n1. The topological polar surface area (TPSA) is 63.7 Å². The Morgan fingerprint density at radius 3 is 2.65 bits per heavy atom. The summed E-state index contributed by atoms with van der Waals surface area (Å²) in [6.45, 7) is 2.30. The van der Waals surface area contributed by atoms with E-state index in [1.165, 1.54) is 0 Å². The van der Waals surface area contributed by atoms with Gasteiger partial charge in [-0.1, -0.05) is 6.07 Å². The van der Waals surface area contributed by atoms with Gasteiger partial charge < -0.3 is 19.7 Å². The van der Waals surface area contributed by atoms with Gasteiger partial charge in [-0.05, 0) is 18.6 Å². The van der Waals surface area contributed by atoms with Gasteiger partial charge in [0.15, 0.2) is 0 Å². The van der Waals surface area contributed by atoms with Crippen LogP contribution in [-0.2, 0) is 9.47 Å². The lowest BCUT2D eigenvalue weighted by Gasteiger charge is -2.22. The highest BCUT2D eigenvalue weighted by atomic mass is 16.5. The molecule has 0 saturated carbocycles. The fourth-order valence-corrected chi connectivity index (χ4v) is 1.77. The summed E-state index contributed by atoms with van der Waals surface area (Å²) in [6, 6.07) is 5.36. The third kappa shape index (κ3) is 5.14. The molecule has 0 spiro atoms. The number of nitrogens with one attached hydrogen (secondary N) is 1. The molecule has 6 heteroatoms. The molecule has 1 rings (SSSR count). The summed E-state index contributed by atoms with van der Waals surface area (Å²) in [5.41, 5.74) is 0.436. The van der Waals surface area contributed by atoms with Gasteiger partial charge in [-0.15, -0.1) is 0 Å². The van der Waals surface area contributed by atoms with Gasteiger partial charge in [-0.3, -0.25) is 4.79 Å². The molecule has 0 radical (unpaired) electrons. The molecule has 112 valence electrons.